The van der Waals surface area contributed by atoms with Crippen LogP contribution in [0.2, 0.25) is 0 Å². The highest BCUT2D eigenvalue weighted by atomic mass is 32.2. The molecule has 3 amide bonds. The topological polar surface area (TPSA) is 95.1 Å². The predicted octanol–water partition coefficient (Wildman–Crippen LogP) is 2.38. The normalized spacial score (nSPS) is 21.5. The van der Waals surface area contributed by atoms with Crippen LogP contribution in [-0.2, 0) is 24.4 Å². The summed E-state index contributed by atoms with van der Waals surface area (Å²) in [5.74, 6) is -0.779. The molecule has 34 heavy (non-hydrogen) atoms. The zero-order valence-electron chi connectivity index (χ0n) is 19.1. The first-order valence-corrected chi connectivity index (χ1v) is 13.4. The Kier molecular flexibility index (Phi) is 5.93. The second-order valence-corrected chi connectivity index (χ2v) is 11.5. The van der Waals surface area contributed by atoms with E-state index in [4.69, 9.17) is 0 Å². The summed E-state index contributed by atoms with van der Waals surface area (Å²) in [6.45, 7) is 0.552. The van der Waals surface area contributed by atoms with Crippen LogP contribution in [0.4, 0.5) is 0 Å². The molecule has 2 aliphatic heterocycles. The molecule has 2 heterocycles. The second-order valence-electron chi connectivity index (χ2n) is 9.60. The Morgan fingerprint density at radius 2 is 1.56 bits per heavy atom. The number of piperazine rings is 1. The number of fused-ring (bicyclic) bond motifs is 1. The molecule has 180 valence electrons. The molecule has 1 saturated carbocycles. The molecular formula is C25H29N3O5S. The molecule has 8 nitrogen and oxygen atoms in total. The summed E-state index contributed by atoms with van der Waals surface area (Å²) >= 11 is 0. The van der Waals surface area contributed by atoms with Gasteiger partial charge in [-0.05, 0) is 35.7 Å². The summed E-state index contributed by atoms with van der Waals surface area (Å²) in [5, 5.41) is 1.82. The van der Waals surface area contributed by atoms with E-state index in [1.54, 1.807) is 23.1 Å². The lowest BCUT2D eigenvalue weighted by atomic mass is 9.73. The average molecular weight is 484 g/mol. The fourth-order valence-electron chi connectivity index (χ4n) is 5.53. The van der Waals surface area contributed by atoms with Gasteiger partial charge in [-0.2, -0.15) is 4.31 Å². The van der Waals surface area contributed by atoms with Gasteiger partial charge in [0.15, 0.2) is 0 Å². The predicted molar refractivity (Wildman–Crippen MR) is 126 cm³/mol. The van der Waals surface area contributed by atoms with Gasteiger partial charge >= 0.3 is 0 Å². The van der Waals surface area contributed by atoms with Gasteiger partial charge in [0.25, 0.3) is 0 Å². The summed E-state index contributed by atoms with van der Waals surface area (Å²) in [7, 11) is -3.68. The molecule has 2 saturated heterocycles. The molecule has 0 atom stereocenters. The van der Waals surface area contributed by atoms with Gasteiger partial charge in [0.05, 0.1) is 10.3 Å². The molecular weight excluding hydrogens is 454 g/mol. The standard InChI is InChI=1S/C25H29N3O5S/c29-22-17-25(10-4-1-5-11-25)24(31)28(22)18-23(30)26-12-14-27(15-13-26)34(32,33)21-9-8-19-6-2-3-7-20(19)16-21/h2-3,6-9,16H,1,4-5,10-15,17-18H2. The van der Waals surface area contributed by atoms with Crippen molar-refractivity contribution < 1.29 is 22.8 Å². The van der Waals surface area contributed by atoms with E-state index in [-0.39, 0.29) is 61.8 Å². The first-order valence-electron chi connectivity index (χ1n) is 11.9. The van der Waals surface area contributed by atoms with Gasteiger partial charge in [-0.3, -0.25) is 19.3 Å². The second kappa shape index (κ2) is 8.78. The van der Waals surface area contributed by atoms with Crippen LogP contribution in [-0.4, -0.2) is 73.0 Å². The van der Waals surface area contributed by atoms with E-state index in [9.17, 15) is 22.8 Å². The van der Waals surface area contributed by atoms with Crippen molar-refractivity contribution in [3.05, 3.63) is 42.5 Å². The molecule has 9 heteroatoms. The number of likely N-dealkylation sites (tertiary alicyclic amines) is 1. The minimum atomic E-state index is -3.68. The molecule has 0 bridgehead atoms. The van der Waals surface area contributed by atoms with Gasteiger partial charge in [0.1, 0.15) is 6.54 Å². The summed E-state index contributed by atoms with van der Waals surface area (Å²) in [5.41, 5.74) is -0.609. The number of benzene rings is 2. The number of hydrogen-bond donors (Lipinski definition) is 0. The van der Waals surface area contributed by atoms with E-state index in [0.29, 0.717) is 12.8 Å². The van der Waals surface area contributed by atoms with E-state index in [0.717, 1.165) is 34.9 Å². The van der Waals surface area contributed by atoms with Crippen LogP contribution < -0.4 is 0 Å². The SMILES string of the molecule is O=C(CN1C(=O)CC2(CCCCC2)C1=O)N1CCN(S(=O)(=O)c2ccc3ccccc3c2)CC1. The number of rotatable bonds is 4. The van der Waals surface area contributed by atoms with Crippen LogP contribution in [0.3, 0.4) is 0 Å². The van der Waals surface area contributed by atoms with E-state index >= 15 is 0 Å². The average Bonchev–Trinajstić information content (AvgIpc) is 3.07. The Hall–Kier alpha value is -2.78. The number of carbonyl (C=O) groups is 3. The molecule has 0 N–H and O–H groups in total. The minimum Gasteiger partial charge on any atom is -0.338 e. The van der Waals surface area contributed by atoms with Crippen LogP contribution in [0, 0.1) is 5.41 Å². The minimum absolute atomic E-state index is 0.173. The largest absolute Gasteiger partial charge is 0.338 e. The lowest BCUT2D eigenvalue weighted by molar-refractivity contribution is -0.148. The first kappa shape index (κ1) is 23.0. The van der Waals surface area contributed by atoms with E-state index in [1.165, 1.54) is 4.31 Å². The van der Waals surface area contributed by atoms with Crippen molar-refractivity contribution in [3.8, 4) is 0 Å². The summed E-state index contributed by atoms with van der Waals surface area (Å²) in [6, 6.07) is 12.7. The van der Waals surface area contributed by atoms with Gasteiger partial charge < -0.3 is 4.90 Å². The van der Waals surface area contributed by atoms with E-state index in [1.807, 2.05) is 24.3 Å². The maximum atomic E-state index is 13.2. The number of carbonyl (C=O) groups excluding carboxylic acids is 3. The Morgan fingerprint density at radius 1 is 0.882 bits per heavy atom. The van der Waals surface area contributed by atoms with Crippen molar-refractivity contribution in [1.29, 1.82) is 0 Å². The van der Waals surface area contributed by atoms with Gasteiger partial charge in [0.2, 0.25) is 27.7 Å². The maximum Gasteiger partial charge on any atom is 0.243 e. The van der Waals surface area contributed by atoms with Crippen LogP contribution >= 0.6 is 0 Å². The molecule has 0 radical (unpaired) electrons. The highest BCUT2D eigenvalue weighted by molar-refractivity contribution is 7.89. The van der Waals surface area contributed by atoms with Crippen molar-refractivity contribution >= 4 is 38.5 Å². The lowest BCUT2D eigenvalue weighted by Crippen LogP contribution is -2.53. The first-order chi connectivity index (χ1) is 16.3. The smallest absolute Gasteiger partial charge is 0.243 e. The molecule has 5 rings (SSSR count). The summed E-state index contributed by atoms with van der Waals surface area (Å²) in [4.78, 5) is 41.4. The Labute approximate surface area is 199 Å². The monoisotopic (exact) mass is 483 g/mol. The zero-order chi connectivity index (χ0) is 23.9. The van der Waals surface area contributed by atoms with Gasteiger partial charge in [-0.25, -0.2) is 8.42 Å². The molecule has 3 fully saturated rings. The Morgan fingerprint density at radius 3 is 2.26 bits per heavy atom. The zero-order valence-corrected chi connectivity index (χ0v) is 19.9. The summed E-state index contributed by atoms with van der Waals surface area (Å²) in [6.07, 6.45) is 4.59. The Balaban J connectivity index is 1.22. The number of amides is 3. The third-order valence-corrected chi connectivity index (χ3v) is 9.44. The van der Waals surface area contributed by atoms with Crippen LogP contribution in [0.5, 0.6) is 0 Å². The van der Waals surface area contributed by atoms with Gasteiger partial charge in [0, 0.05) is 32.6 Å². The molecule has 3 aliphatic rings. The van der Waals surface area contributed by atoms with Crippen LogP contribution in [0.25, 0.3) is 10.8 Å². The number of sulfonamides is 1. The molecule has 0 unspecified atom stereocenters. The lowest BCUT2D eigenvalue weighted by Gasteiger charge is -2.35. The number of nitrogens with zero attached hydrogens (tertiary/aromatic N) is 3. The maximum absolute atomic E-state index is 13.2. The molecule has 1 spiro atoms. The third kappa shape index (κ3) is 4.01. The van der Waals surface area contributed by atoms with Crippen molar-refractivity contribution in [2.24, 2.45) is 5.41 Å². The fraction of sp³-hybridized carbons (Fsp3) is 0.480. The van der Waals surface area contributed by atoms with Gasteiger partial charge in [-0.1, -0.05) is 49.6 Å². The molecule has 0 aromatic heterocycles. The number of imide groups is 1. The summed E-state index contributed by atoms with van der Waals surface area (Å²) < 4.78 is 27.7. The van der Waals surface area contributed by atoms with Crippen molar-refractivity contribution in [1.82, 2.24) is 14.1 Å². The van der Waals surface area contributed by atoms with Crippen molar-refractivity contribution in [2.45, 2.75) is 43.4 Å². The van der Waals surface area contributed by atoms with Crippen LogP contribution in [0.1, 0.15) is 38.5 Å². The van der Waals surface area contributed by atoms with Crippen molar-refractivity contribution in [2.75, 3.05) is 32.7 Å². The van der Waals surface area contributed by atoms with E-state index in [2.05, 4.69) is 0 Å². The molecule has 2 aromatic carbocycles. The molecule has 2 aromatic rings. The van der Waals surface area contributed by atoms with Crippen molar-refractivity contribution in [3.63, 3.8) is 0 Å². The third-order valence-electron chi connectivity index (χ3n) is 7.54. The van der Waals surface area contributed by atoms with E-state index < -0.39 is 15.4 Å². The van der Waals surface area contributed by atoms with Crippen LogP contribution in [0.15, 0.2) is 47.4 Å². The molecule has 1 aliphatic carbocycles. The van der Waals surface area contributed by atoms with Gasteiger partial charge in [-0.15, -0.1) is 0 Å². The number of hydrogen-bond acceptors (Lipinski definition) is 5. The fourth-order valence-corrected chi connectivity index (χ4v) is 6.99. The highest BCUT2D eigenvalue weighted by Gasteiger charge is 2.52. The Bertz CT molecular complexity index is 1240. The highest BCUT2D eigenvalue weighted by Crippen LogP contribution is 2.45. The quantitative estimate of drug-likeness (QED) is 0.623.